The van der Waals surface area contributed by atoms with E-state index in [4.69, 9.17) is 4.74 Å². The van der Waals surface area contributed by atoms with Gasteiger partial charge in [0.15, 0.2) is 0 Å². The van der Waals surface area contributed by atoms with Crippen molar-refractivity contribution in [3.05, 3.63) is 106 Å². The van der Waals surface area contributed by atoms with Crippen molar-refractivity contribution in [1.82, 2.24) is 4.90 Å². The van der Waals surface area contributed by atoms with Crippen molar-refractivity contribution < 1.29 is 19.4 Å². The van der Waals surface area contributed by atoms with Gasteiger partial charge in [0.25, 0.3) is 5.91 Å². The van der Waals surface area contributed by atoms with Crippen molar-refractivity contribution in [2.45, 2.75) is 24.2 Å². The molecule has 1 saturated heterocycles. The van der Waals surface area contributed by atoms with Gasteiger partial charge in [-0.05, 0) is 47.7 Å². The van der Waals surface area contributed by atoms with Crippen LogP contribution >= 0.6 is 15.9 Å². The van der Waals surface area contributed by atoms with Crippen molar-refractivity contribution in [3.8, 4) is 5.75 Å². The highest BCUT2D eigenvalue weighted by atomic mass is 79.9. The molecule has 0 aromatic heterocycles. The highest BCUT2D eigenvalue weighted by Gasteiger charge is 2.70. The number of likely N-dealkylation sites (tertiary alicyclic amines) is 1. The summed E-state index contributed by atoms with van der Waals surface area (Å²) >= 11 is 3.64. The lowest BCUT2D eigenvalue weighted by Gasteiger charge is -2.59. The molecule has 1 aliphatic heterocycles. The molecule has 0 spiro atoms. The number of aliphatic carboxylic acids is 1. The summed E-state index contributed by atoms with van der Waals surface area (Å²) in [6, 6.07) is 23.8. The Hall–Kier alpha value is -3.38. The average Bonchev–Trinajstić information content (AvgIpc) is 3.36. The molecule has 3 aliphatic carbocycles. The van der Waals surface area contributed by atoms with Gasteiger partial charge >= 0.3 is 5.97 Å². The van der Waals surface area contributed by atoms with E-state index in [1.165, 1.54) is 5.56 Å². The Morgan fingerprint density at radius 3 is 2.59 bits per heavy atom. The first-order chi connectivity index (χ1) is 17.8. The predicted molar refractivity (Wildman–Crippen MR) is 146 cm³/mol. The second-order valence-electron chi connectivity index (χ2n) is 10.4. The van der Waals surface area contributed by atoms with Crippen molar-refractivity contribution in [3.63, 3.8) is 0 Å². The van der Waals surface area contributed by atoms with Crippen LogP contribution in [0.5, 0.6) is 5.75 Å². The van der Waals surface area contributed by atoms with E-state index < -0.39 is 16.8 Å². The number of benzene rings is 3. The molecule has 3 aromatic carbocycles. The van der Waals surface area contributed by atoms with E-state index in [0.29, 0.717) is 23.4 Å². The van der Waals surface area contributed by atoms with Gasteiger partial charge in [-0.2, -0.15) is 0 Å². The summed E-state index contributed by atoms with van der Waals surface area (Å²) in [5, 5.41) is 10.9. The number of carboxylic acids is 1. The minimum absolute atomic E-state index is 0.155. The third-order valence-corrected chi connectivity index (χ3v) is 9.55. The highest BCUT2D eigenvalue weighted by Crippen LogP contribution is 2.69. The molecule has 37 heavy (non-hydrogen) atoms. The van der Waals surface area contributed by atoms with E-state index >= 15 is 0 Å². The van der Waals surface area contributed by atoms with Crippen LogP contribution < -0.4 is 4.74 Å². The molecule has 188 valence electrons. The zero-order chi connectivity index (χ0) is 25.9. The van der Waals surface area contributed by atoms with Crippen LogP contribution in [0.4, 0.5) is 0 Å². The van der Waals surface area contributed by atoms with Crippen molar-refractivity contribution in [2.24, 2.45) is 11.3 Å². The van der Waals surface area contributed by atoms with E-state index in [-0.39, 0.29) is 24.3 Å². The Labute approximate surface area is 224 Å². The SMILES string of the molecule is C=C(C(=O)N1CC2C3(c4cccc(Br)c4)CCC(c4ccccc43)C2(C(=O)O)C1)c1ccccc1OC. The molecule has 3 aromatic rings. The van der Waals surface area contributed by atoms with Crippen LogP contribution in [0.2, 0.25) is 0 Å². The maximum atomic E-state index is 13.9. The second kappa shape index (κ2) is 8.59. The Balaban J connectivity index is 1.50. The summed E-state index contributed by atoms with van der Waals surface area (Å²) in [5.41, 5.74) is 2.76. The first kappa shape index (κ1) is 24.0. The van der Waals surface area contributed by atoms with Gasteiger partial charge in [0, 0.05) is 45.9 Å². The van der Waals surface area contributed by atoms with Gasteiger partial charge in [0.1, 0.15) is 5.75 Å². The molecule has 1 amide bonds. The van der Waals surface area contributed by atoms with E-state index in [9.17, 15) is 14.7 Å². The van der Waals surface area contributed by atoms with Crippen LogP contribution in [0.3, 0.4) is 0 Å². The van der Waals surface area contributed by atoms with Crippen LogP contribution in [0.15, 0.2) is 83.8 Å². The fraction of sp³-hybridized carbons (Fsp3) is 0.290. The lowest BCUT2D eigenvalue weighted by Crippen LogP contribution is -2.60. The average molecular weight is 558 g/mol. The number of carbonyl (C=O) groups excluding carboxylic acids is 1. The number of carboxylic acid groups (broad SMARTS) is 1. The van der Waals surface area contributed by atoms with Gasteiger partial charge in [-0.15, -0.1) is 0 Å². The Bertz CT molecular complexity index is 1450. The summed E-state index contributed by atoms with van der Waals surface area (Å²) in [6.45, 7) is 4.64. The highest BCUT2D eigenvalue weighted by molar-refractivity contribution is 9.10. The number of hydrogen-bond donors (Lipinski definition) is 1. The van der Waals surface area contributed by atoms with Crippen LogP contribution in [0.25, 0.3) is 5.57 Å². The number of para-hydroxylation sites is 1. The number of halogens is 1. The molecular formula is C31H28BrNO4. The number of ether oxygens (including phenoxy) is 1. The maximum Gasteiger partial charge on any atom is 0.312 e. The Morgan fingerprint density at radius 1 is 1.08 bits per heavy atom. The summed E-state index contributed by atoms with van der Waals surface area (Å²) in [5.74, 6) is -0.919. The molecule has 1 N–H and O–H groups in total. The number of amides is 1. The lowest BCUT2D eigenvalue weighted by molar-refractivity contribution is -0.157. The first-order valence-corrected chi connectivity index (χ1v) is 13.3. The Kier molecular flexibility index (Phi) is 5.57. The molecule has 2 fully saturated rings. The standard InChI is InChI=1S/C31H28BrNO4/c1-19(22-10-4-6-13-26(22)37-2)28(34)33-17-27-30(20-8-7-9-21(32)16-20)15-14-25(31(27,18-33)29(35)36)23-11-3-5-12-24(23)30/h3-13,16,25,27H,1,14-15,17-18H2,2H3,(H,35,36). The van der Waals surface area contributed by atoms with E-state index in [1.54, 1.807) is 18.1 Å². The monoisotopic (exact) mass is 557 g/mol. The first-order valence-electron chi connectivity index (χ1n) is 12.5. The molecule has 1 saturated carbocycles. The number of nitrogens with zero attached hydrogens (tertiary/aromatic N) is 1. The third-order valence-electron chi connectivity index (χ3n) is 9.05. The van der Waals surface area contributed by atoms with Crippen LogP contribution in [0.1, 0.15) is 41.0 Å². The van der Waals surface area contributed by atoms with E-state index in [1.807, 2.05) is 42.5 Å². The van der Waals surface area contributed by atoms with Crippen LogP contribution in [-0.2, 0) is 15.0 Å². The van der Waals surface area contributed by atoms with Crippen LogP contribution in [0, 0.1) is 11.3 Å². The van der Waals surface area contributed by atoms with Gasteiger partial charge in [0.05, 0.1) is 12.5 Å². The zero-order valence-electron chi connectivity index (χ0n) is 20.6. The minimum Gasteiger partial charge on any atom is -0.496 e. The summed E-state index contributed by atoms with van der Waals surface area (Å²) in [7, 11) is 1.57. The van der Waals surface area contributed by atoms with Gasteiger partial charge in [-0.3, -0.25) is 9.59 Å². The molecule has 5 nitrogen and oxygen atoms in total. The zero-order valence-corrected chi connectivity index (χ0v) is 22.2. The third kappa shape index (κ3) is 3.21. The van der Waals surface area contributed by atoms with Crippen LogP contribution in [-0.4, -0.2) is 42.1 Å². The second-order valence-corrected chi connectivity index (χ2v) is 11.3. The Morgan fingerprint density at radius 2 is 1.84 bits per heavy atom. The van der Waals surface area contributed by atoms with Gasteiger partial charge in [-0.25, -0.2) is 0 Å². The minimum atomic E-state index is -1.08. The molecule has 7 rings (SSSR count). The number of carbonyl (C=O) groups is 2. The molecule has 6 heteroatoms. The van der Waals surface area contributed by atoms with E-state index in [0.717, 1.165) is 28.4 Å². The summed E-state index contributed by atoms with van der Waals surface area (Å²) in [6.07, 6.45) is 1.61. The molecular weight excluding hydrogens is 530 g/mol. The number of methoxy groups -OCH3 is 1. The van der Waals surface area contributed by atoms with Crippen molar-refractivity contribution in [2.75, 3.05) is 20.2 Å². The molecule has 1 heterocycles. The fourth-order valence-corrected chi connectivity index (χ4v) is 7.98. The smallest absolute Gasteiger partial charge is 0.312 e. The molecule has 4 unspecified atom stereocenters. The molecule has 0 radical (unpaired) electrons. The lowest BCUT2D eigenvalue weighted by atomic mass is 9.42. The number of hydrogen-bond acceptors (Lipinski definition) is 3. The largest absolute Gasteiger partial charge is 0.496 e. The summed E-state index contributed by atoms with van der Waals surface area (Å²) in [4.78, 5) is 28.9. The molecule has 4 atom stereocenters. The van der Waals surface area contributed by atoms with Gasteiger partial charge in [-0.1, -0.05) is 77.1 Å². The summed E-state index contributed by atoms with van der Waals surface area (Å²) < 4.78 is 6.43. The topological polar surface area (TPSA) is 66.8 Å². The fourth-order valence-electron chi connectivity index (χ4n) is 7.58. The quantitative estimate of drug-likeness (QED) is 0.398. The van der Waals surface area contributed by atoms with Gasteiger partial charge in [0.2, 0.25) is 0 Å². The predicted octanol–water partition coefficient (Wildman–Crippen LogP) is 5.88. The maximum absolute atomic E-state index is 13.9. The number of fused-ring (bicyclic) bond motifs is 1. The molecule has 4 aliphatic rings. The van der Waals surface area contributed by atoms with Crippen molar-refractivity contribution in [1.29, 1.82) is 0 Å². The molecule has 2 bridgehead atoms. The van der Waals surface area contributed by atoms with Gasteiger partial charge < -0.3 is 14.7 Å². The number of rotatable bonds is 5. The normalized spacial score (nSPS) is 27.4. The van der Waals surface area contributed by atoms with Crippen molar-refractivity contribution >= 4 is 33.4 Å². The van der Waals surface area contributed by atoms with E-state index in [2.05, 4.69) is 46.8 Å².